The van der Waals surface area contributed by atoms with Gasteiger partial charge in [-0.25, -0.2) is 4.79 Å². The van der Waals surface area contributed by atoms with Gasteiger partial charge in [0.25, 0.3) is 5.69 Å². The summed E-state index contributed by atoms with van der Waals surface area (Å²) in [6, 6.07) is 4.96. The minimum atomic E-state index is -0.422. The second kappa shape index (κ2) is 4.55. The van der Waals surface area contributed by atoms with Gasteiger partial charge < -0.3 is 0 Å². The monoisotopic (exact) mass is 275 g/mol. The summed E-state index contributed by atoms with van der Waals surface area (Å²) in [7, 11) is 0. The van der Waals surface area contributed by atoms with Gasteiger partial charge in [-0.3, -0.25) is 10.1 Å². The molecule has 8 nitrogen and oxygen atoms in total. The lowest BCUT2D eigenvalue weighted by atomic mass is 10.1. The molecular weight excluding hydrogens is 262 g/mol. The van der Waals surface area contributed by atoms with Gasteiger partial charge >= 0.3 is 5.69 Å². The molecule has 104 valence electrons. The Bertz CT molecular complexity index is 729. The average Bonchev–Trinajstić information content (AvgIpc) is 3.16. The normalized spacial score (nSPS) is 14.4. The predicted molar refractivity (Wildman–Crippen MR) is 69.5 cm³/mol. The minimum Gasteiger partial charge on any atom is -0.258 e. The quantitative estimate of drug-likeness (QED) is 0.613. The Morgan fingerprint density at radius 1 is 1.40 bits per heavy atom. The molecule has 20 heavy (non-hydrogen) atoms. The van der Waals surface area contributed by atoms with Gasteiger partial charge in [0.05, 0.1) is 17.5 Å². The van der Waals surface area contributed by atoms with Crippen molar-refractivity contribution in [3.63, 3.8) is 0 Å². The number of nitro benzene ring substituents is 1. The van der Waals surface area contributed by atoms with E-state index in [1.165, 1.54) is 15.4 Å². The van der Waals surface area contributed by atoms with E-state index in [2.05, 4.69) is 10.4 Å². The SMILES string of the molecule is Cc1cc(Cn2nnn(C3CC3)c2=O)ccc1[N+](=O)[O-]. The second-order valence-corrected chi connectivity index (χ2v) is 4.97. The number of hydrogen-bond donors (Lipinski definition) is 0. The van der Waals surface area contributed by atoms with Crippen LogP contribution in [0.3, 0.4) is 0 Å². The maximum atomic E-state index is 12.0. The first-order valence-electron chi connectivity index (χ1n) is 6.32. The first kappa shape index (κ1) is 12.5. The van der Waals surface area contributed by atoms with Crippen molar-refractivity contribution < 1.29 is 4.92 Å². The smallest absolute Gasteiger partial charge is 0.258 e. The molecule has 1 saturated carbocycles. The van der Waals surface area contributed by atoms with Gasteiger partial charge in [-0.2, -0.15) is 9.36 Å². The van der Waals surface area contributed by atoms with E-state index in [1.54, 1.807) is 19.1 Å². The summed E-state index contributed by atoms with van der Waals surface area (Å²) in [5, 5.41) is 18.4. The van der Waals surface area contributed by atoms with E-state index in [0.717, 1.165) is 18.4 Å². The van der Waals surface area contributed by atoms with Crippen LogP contribution in [0.5, 0.6) is 0 Å². The second-order valence-electron chi connectivity index (χ2n) is 4.97. The van der Waals surface area contributed by atoms with E-state index in [0.29, 0.717) is 5.56 Å². The molecule has 0 aliphatic heterocycles. The van der Waals surface area contributed by atoms with Crippen molar-refractivity contribution in [1.82, 2.24) is 19.8 Å². The van der Waals surface area contributed by atoms with Crippen molar-refractivity contribution in [1.29, 1.82) is 0 Å². The molecule has 0 spiro atoms. The predicted octanol–water partition coefficient (Wildman–Crippen LogP) is 1.04. The van der Waals surface area contributed by atoms with Crippen LogP contribution in [0.25, 0.3) is 0 Å². The summed E-state index contributed by atoms with van der Waals surface area (Å²) in [4.78, 5) is 22.3. The largest absolute Gasteiger partial charge is 0.364 e. The maximum absolute atomic E-state index is 12.0. The van der Waals surface area contributed by atoms with Crippen LogP contribution >= 0.6 is 0 Å². The van der Waals surface area contributed by atoms with Crippen LogP contribution in [0.15, 0.2) is 23.0 Å². The molecule has 8 heteroatoms. The highest BCUT2D eigenvalue weighted by atomic mass is 16.6. The van der Waals surface area contributed by atoms with E-state index in [9.17, 15) is 14.9 Å². The number of nitrogens with zero attached hydrogens (tertiary/aromatic N) is 5. The van der Waals surface area contributed by atoms with Gasteiger partial charge in [0.2, 0.25) is 0 Å². The van der Waals surface area contributed by atoms with Gasteiger partial charge in [-0.15, -0.1) is 0 Å². The number of rotatable bonds is 4. The van der Waals surface area contributed by atoms with Crippen LogP contribution in [0, 0.1) is 17.0 Å². The van der Waals surface area contributed by atoms with E-state index < -0.39 is 4.92 Å². The Morgan fingerprint density at radius 2 is 2.15 bits per heavy atom. The number of aromatic nitrogens is 4. The third-order valence-electron chi connectivity index (χ3n) is 3.34. The van der Waals surface area contributed by atoms with Crippen LogP contribution < -0.4 is 5.69 Å². The minimum absolute atomic E-state index is 0.0720. The zero-order valence-corrected chi connectivity index (χ0v) is 10.9. The molecule has 1 fully saturated rings. The number of tetrazole rings is 1. The molecule has 1 aromatic carbocycles. The van der Waals surface area contributed by atoms with Crippen LogP contribution in [0.2, 0.25) is 0 Å². The van der Waals surface area contributed by atoms with Gasteiger partial charge in [-0.1, -0.05) is 6.07 Å². The first-order chi connectivity index (χ1) is 9.56. The summed E-state index contributed by atoms with van der Waals surface area (Å²) >= 11 is 0. The third-order valence-corrected chi connectivity index (χ3v) is 3.34. The zero-order chi connectivity index (χ0) is 14.3. The van der Waals surface area contributed by atoms with Crippen molar-refractivity contribution in [2.75, 3.05) is 0 Å². The molecule has 0 saturated heterocycles. The number of hydrogen-bond acceptors (Lipinski definition) is 5. The Hall–Kier alpha value is -2.51. The lowest BCUT2D eigenvalue weighted by Gasteiger charge is -2.02. The highest BCUT2D eigenvalue weighted by Crippen LogP contribution is 2.32. The van der Waals surface area contributed by atoms with Crippen molar-refractivity contribution >= 4 is 5.69 Å². The molecule has 1 aromatic heterocycles. The standard InChI is InChI=1S/C12H13N5O3/c1-8-6-9(2-5-11(8)17(19)20)7-15-12(18)16(14-13-15)10-3-4-10/h2,5-6,10H,3-4,7H2,1H3. The number of nitro groups is 1. The fraction of sp³-hybridized carbons (Fsp3) is 0.417. The zero-order valence-electron chi connectivity index (χ0n) is 10.9. The van der Waals surface area contributed by atoms with Crippen LogP contribution in [0.1, 0.15) is 30.0 Å². The number of benzene rings is 1. The third kappa shape index (κ3) is 2.20. The van der Waals surface area contributed by atoms with Gasteiger partial charge in [0.1, 0.15) is 0 Å². The van der Waals surface area contributed by atoms with E-state index in [4.69, 9.17) is 0 Å². The van der Waals surface area contributed by atoms with E-state index in [1.807, 2.05) is 0 Å². The Balaban J connectivity index is 1.86. The molecule has 0 bridgehead atoms. The Kier molecular flexibility index (Phi) is 2.85. The van der Waals surface area contributed by atoms with Crippen LogP contribution in [0.4, 0.5) is 5.69 Å². The molecule has 0 N–H and O–H groups in total. The lowest BCUT2D eigenvalue weighted by molar-refractivity contribution is -0.385. The fourth-order valence-electron chi connectivity index (χ4n) is 2.13. The number of aryl methyl sites for hydroxylation is 1. The van der Waals surface area contributed by atoms with Gasteiger partial charge in [0, 0.05) is 11.6 Å². The van der Waals surface area contributed by atoms with Crippen molar-refractivity contribution in [2.24, 2.45) is 0 Å². The fourth-order valence-corrected chi connectivity index (χ4v) is 2.13. The highest BCUT2D eigenvalue weighted by Gasteiger charge is 2.27. The van der Waals surface area contributed by atoms with E-state index in [-0.39, 0.29) is 24.0 Å². The average molecular weight is 275 g/mol. The van der Waals surface area contributed by atoms with Gasteiger partial charge in [-0.05, 0) is 41.8 Å². The molecule has 1 aliphatic rings. The highest BCUT2D eigenvalue weighted by molar-refractivity contribution is 5.41. The molecule has 0 amide bonds. The van der Waals surface area contributed by atoms with Crippen molar-refractivity contribution in [2.45, 2.75) is 32.4 Å². The van der Waals surface area contributed by atoms with Crippen LogP contribution in [-0.4, -0.2) is 24.7 Å². The molecular formula is C12H13N5O3. The summed E-state index contributed by atoms with van der Waals surface area (Å²) in [6.07, 6.45) is 1.93. The molecule has 0 radical (unpaired) electrons. The first-order valence-corrected chi connectivity index (χ1v) is 6.32. The maximum Gasteiger partial charge on any atom is 0.364 e. The molecule has 1 heterocycles. The summed E-state index contributed by atoms with van der Waals surface area (Å²) < 4.78 is 2.68. The summed E-state index contributed by atoms with van der Waals surface area (Å²) in [6.45, 7) is 1.94. The Labute approximate surface area is 113 Å². The van der Waals surface area contributed by atoms with Crippen LogP contribution in [-0.2, 0) is 6.54 Å². The van der Waals surface area contributed by atoms with E-state index >= 15 is 0 Å². The van der Waals surface area contributed by atoms with Gasteiger partial charge in [0.15, 0.2) is 0 Å². The molecule has 0 unspecified atom stereocenters. The molecule has 0 atom stereocenters. The van der Waals surface area contributed by atoms with Crippen molar-refractivity contribution in [3.8, 4) is 0 Å². The molecule has 1 aliphatic carbocycles. The topological polar surface area (TPSA) is 95.8 Å². The summed E-state index contributed by atoms with van der Waals surface area (Å²) in [5.41, 5.74) is 1.19. The lowest BCUT2D eigenvalue weighted by Crippen LogP contribution is -2.25. The summed E-state index contributed by atoms with van der Waals surface area (Å²) in [5.74, 6) is 0. The molecule has 2 aromatic rings. The van der Waals surface area contributed by atoms with Crippen molar-refractivity contribution in [3.05, 3.63) is 49.9 Å². The Morgan fingerprint density at radius 3 is 2.75 bits per heavy atom. The molecule has 3 rings (SSSR count).